The smallest absolute Gasteiger partial charge is 0.124 e. The molecule has 2 heteroatoms. The lowest BCUT2D eigenvalue weighted by molar-refractivity contribution is 0.274. The largest absolute Gasteiger partial charge is 0.507 e. The minimum Gasteiger partial charge on any atom is -0.507 e. The summed E-state index contributed by atoms with van der Waals surface area (Å²) in [6.45, 7) is 5.82. The SMILES string of the molecule is Cc1ccc(C(C)C)c(O)c1CO. The van der Waals surface area contributed by atoms with Gasteiger partial charge in [0, 0.05) is 5.56 Å². The van der Waals surface area contributed by atoms with Crippen molar-refractivity contribution in [3.05, 3.63) is 28.8 Å². The second-order valence-electron chi connectivity index (χ2n) is 3.61. The Balaban J connectivity index is 3.27. The van der Waals surface area contributed by atoms with Gasteiger partial charge in [-0.2, -0.15) is 0 Å². The van der Waals surface area contributed by atoms with Crippen molar-refractivity contribution in [1.82, 2.24) is 0 Å². The van der Waals surface area contributed by atoms with Crippen LogP contribution in [0.15, 0.2) is 12.1 Å². The number of phenols is 1. The summed E-state index contributed by atoms with van der Waals surface area (Å²) >= 11 is 0. The van der Waals surface area contributed by atoms with Crippen LogP contribution in [0.5, 0.6) is 5.75 Å². The van der Waals surface area contributed by atoms with Crippen molar-refractivity contribution >= 4 is 0 Å². The van der Waals surface area contributed by atoms with E-state index in [1.165, 1.54) is 0 Å². The first-order valence-electron chi connectivity index (χ1n) is 4.50. The first-order chi connectivity index (χ1) is 6.07. The van der Waals surface area contributed by atoms with Gasteiger partial charge in [-0.25, -0.2) is 0 Å². The lowest BCUT2D eigenvalue weighted by Gasteiger charge is -2.13. The minimum absolute atomic E-state index is 0.0990. The monoisotopic (exact) mass is 180 g/mol. The fourth-order valence-electron chi connectivity index (χ4n) is 1.42. The third kappa shape index (κ3) is 1.83. The molecule has 0 bridgehead atoms. The molecule has 1 aromatic carbocycles. The summed E-state index contributed by atoms with van der Waals surface area (Å²) in [4.78, 5) is 0. The molecule has 0 fully saturated rings. The quantitative estimate of drug-likeness (QED) is 0.733. The van der Waals surface area contributed by atoms with E-state index in [1.807, 2.05) is 32.9 Å². The van der Waals surface area contributed by atoms with Gasteiger partial charge in [-0.05, 0) is 24.0 Å². The molecule has 0 aliphatic heterocycles. The van der Waals surface area contributed by atoms with E-state index in [1.54, 1.807) is 0 Å². The van der Waals surface area contributed by atoms with Crippen molar-refractivity contribution in [3.63, 3.8) is 0 Å². The minimum atomic E-state index is -0.0990. The van der Waals surface area contributed by atoms with Crippen LogP contribution in [0.4, 0.5) is 0 Å². The molecular weight excluding hydrogens is 164 g/mol. The number of hydrogen-bond donors (Lipinski definition) is 2. The highest BCUT2D eigenvalue weighted by Gasteiger charge is 2.11. The summed E-state index contributed by atoms with van der Waals surface area (Å²) in [6.07, 6.45) is 0. The highest BCUT2D eigenvalue weighted by molar-refractivity contribution is 5.46. The van der Waals surface area contributed by atoms with Gasteiger partial charge >= 0.3 is 0 Å². The van der Waals surface area contributed by atoms with Crippen LogP contribution in [0, 0.1) is 6.92 Å². The molecule has 0 heterocycles. The Morgan fingerprint density at radius 1 is 1.31 bits per heavy atom. The molecule has 1 aromatic rings. The van der Waals surface area contributed by atoms with Crippen molar-refractivity contribution in [3.8, 4) is 5.75 Å². The molecule has 2 N–H and O–H groups in total. The van der Waals surface area contributed by atoms with Crippen LogP contribution in [0.1, 0.15) is 36.5 Å². The van der Waals surface area contributed by atoms with E-state index in [0.29, 0.717) is 5.56 Å². The molecule has 0 aromatic heterocycles. The molecule has 13 heavy (non-hydrogen) atoms. The standard InChI is InChI=1S/C11H16O2/c1-7(2)9-5-4-8(3)10(6-12)11(9)13/h4-5,7,12-13H,6H2,1-3H3. The molecule has 0 aliphatic carbocycles. The zero-order valence-electron chi connectivity index (χ0n) is 8.33. The lowest BCUT2D eigenvalue weighted by atomic mass is 9.96. The lowest BCUT2D eigenvalue weighted by Crippen LogP contribution is -1.95. The first kappa shape index (κ1) is 10.1. The highest BCUT2D eigenvalue weighted by atomic mass is 16.3. The molecule has 0 spiro atoms. The Hall–Kier alpha value is -1.02. The number of rotatable bonds is 2. The fraction of sp³-hybridized carbons (Fsp3) is 0.455. The normalized spacial score (nSPS) is 10.8. The molecule has 72 valence electrons. The second kappa shape index (κ2) is 3.79. The Morgan fingerprint density at radius 3 is 2.38 bits per heavy atom. The zero-order valence-corrected chi connectivity index (χ0v) is 8.33. The molecule has 0 unspecified atom stereocenters. The van der Waals surface area contributed by atoms with Crippen molar-refractivity contribution < 1.29 is 10.2 Å². The predicted molar refractivity (Wildman–Crippen MR) is 52.9 cm³/mol. The Bertz CT molecular complexity index is 303. The Morgan fingerprint density at radius 2 is 1.92 bits per heavy atom. The number of benzene rings is 1. The zero-order chi connectivity index (χ0) is 10.0. The molecule has 0 saturated heterocycles. The third-order valence-corrected chi connectivity index (χ3v) is 2.33. The molecule has 2 nitrogen and oxygen atoms in total. The van der Waals surface area contributed by atoms with E-state index >= 15 is 0 Å². The number of aliphatic hydroxyl groups excluding tert-OH is 1. The maximum absolute atomic E-state index is 9.78. The van der Waals surface area contributed by atoms with Gasteiger partial charge in [0.15, 0.2) is 0 Å². The summed E-state index contributed by atoms with van der Waals surface area (Å²) in [7, 11) is 0. The molecule has 0 amide bonds. The number of aliphatic hydroxyl groups is 1. The van der Waals surface area contributed by atoms with E-state index in [0.717, 1.165) is 11.1 Å². The van der Waals surface area contributed by atoms with E-state index in [2.05, 4.69) is 0 Å². The average Bonchev–Trinajstić information content (AvgIpc) is 2.04. The molecule has 0 atom stereocenters. The van der Waals surface area contributed by atoms with Crippen LogP contribution in [-0.2, 0) is 6.61 Å². The summed E-state index contributed by atoms with van der Waals surface area (Å²) in [5.74, 6) is 0.531. The van der Waals surface area contributed by atoms with Gasteiger partial charge in [0.2, 0.25) is 0 Å². The van der Waals surface area contributed by atoms with Crippen molar-refractivity contribution in [2.24, 2.45) is 0 Å². The van der Waals surface area contributed by atoms with Crippen LogP contribution in [0.3, 0.4) is 0 Å². The number of aryl methyl sites for hydroxylation is 1. The van der Waals surface area contributed by atoms with Gasteiger partial charge in [0.1, 0.15) is 5.75 Å². The van der Waals surface area contributed by atoms with Crippen molar-refractivity contribution in [2.75, 3.05) is 0 Å². The second-order valence-corrected chi connectivity index (χ2v) is 3.61. The summed E-state index contributed by atoms with van der Waals surface area (Å²) in [6, 6.07) is 3.84. The van der Waals surface area contributed by atoms with Gasteiger partial charge in [0.05, 0.1) is 6.61 Å². The van der Waals surface area contributed by atoms with Crippen LogP contribution < -0.4 is 0 Å². The van der Waals surface area contributed by atoms with E-state index in [-0.39, 0.29) is 18.3 Å². The number of hydrogen-bond acceptors (Lipinski definition) is 2. The van der Waals surface area contributed by atoms with Gasteiger partial charge in [0.25, 0.3) is 0 Å². The molecular formula is C11H16O2. The molecule has 0 saturated carbocycles. The molecule has 0 aliphatic rings. The number of aromatic hydroxyl groups is 1. The fourth-order valence-corrected chi connectivity index (χ4v) is 1.42. The molecule has 0 radical (unpaired) electrons. The topological polar surface area (TPSA) is 40.5 Å². The van der Waals surface area contributed by atoms with Gasteiger partial charge in [-0.3, -0.25) is 0 Å². The van der Waals surface area contributed by atoms with Crippen LogP contribution in [-0.4, -0.2) is 10.2 Å². The van der Waals surface area contributed by atoms with E-state index in [4.69, 9.17) is 5.11 Å². The Kier molecular flexibility index (Phi) is 2.94. The summed E-state index contributed by atoms with van der Waals surface area (Å²) in [5.41, 5.74) is 2.48. The van der Waals surface area contributed by atoms with Gasteiger partial charge < -0.3 is 10.2 Å². The third-order valence-electron chi connectivity index (χ3n) is 2.33. The first-order valence-corrected chi connectivity index (χ1v) is 4.50. The Labute approximate surface area is 78.8 Å². The van der Waals surface area contributed by atoms with Crippen molar-refractivity contribution in [2.45, 2.75) is 33.3 Å². The average molecular weight is 180 g/mol. The van der Waals surface area contributed by atoms with E-state index in [9.17, 15) is 5.11 Å². The summed E-state index contributed by atoms with van der Waals surface area (Å²) < 4.78 is 0. The molecule has 1 rings (SSSR count). The summed E-state index contributed by atoms with van der Waals surface area (Å²) in [5, 5.41) is 18.8. The maximum atomic E-state index is 9.78. The van der Waals surface area contributed by atoms with Crippen LogP contribution in [0.25, 0.3) is 0 Å². The van der Waals surface area contributed by atoms with Gasteiger partial charge in [-0.1, -0.05) is 26.0 Å². The van der Waals surface area contributed by atoms with Crippen molar-refractivity contribution in [1.29, 1.82) is 0 Å². The van der Waals surface area contributed by atoms with Crippen LogP contribution >= 0.6 is 0 Å². The van der Waals surface area contributed by atoms with E-state index < -0.39 is 0 Å². The maximum Gasteiger partial charge on any atom is 0.124 e. The van der Waals surface area contributed by atoms with Gasteiger partial charge in [-0.15, -0.1) is 0 Å². The predicted octanol–water partition coefficient (Wildman–Crippen LogP) is 2.32. The highest BCUT2D eigenvalue weighted by Crippen LogP contribution is 2.30. The van der Waals surface area contributed by atoms with Crippen LogP contribution in [0.2, 0.25) is 0 Å².